The summed E-state index contributed by atoms with van der Waals surface area (Å²) in [5.74, 6) is 0.00401. The first-order valence-corrected chi connectivity index (χ1v) is 7.14. The Labute approximate surface area is 129 Å². The van der Waals surface area contributed by atoms with Gasteiger partial charge in [0.1, 0.15) is 0 Å². The van der Waals surface area contributed by atoms with E-state index in [4.69, 9.17) is 0 Å². The lowest BCUT2D eigenvalue weighted by molar-refractivity contribution is -0.385. The highest BCUT2D eigenvalue weighted by atomic mass is 16.6. The molecule has 22 heavy (non-hydrogen) atoms. The summed E-state index contributed by atoms with van der Waals surface area (Å²) in [5, 5.41) is 20.8. The topological polar surface area (TPSA) is 75.7 Å². The average Bonchev–Trinajstić information content (AvgIpc) is 2.53. The molecule has 0 radical (unpaired) electrons. The lowest BCUT2D eigenvalue weighted by atomic mass is 9.97. The quantitative estimate of drug-likeness (QED) is 0.499. The van der Waals surface area contributed by atoms with E-state index in [1.807, 2.05) is 24.3 Å². The minimum Gasteiger partial charge on any atom is -0.502 e. The molecule has 0 saturated carbocycles. The van der Waals surface area contributed by atoms with E-state index in [0.29, 0.717) is 11.5 Å². The minimum absolute atomic E-state index is 0.320. The summed E-state index contributed by atoms with van der Waals surface area (Å²) in [6, 6.07) is 12.2. The van der Waals surface area contributed by atoms with Crippen LogP contribution in [0.1, 0.15) is 37.3 Å². The Morgan fingerprint density at radius 3 is 2.68 bits per heavy atom. The molecule has 0 aliphatic heterocycles. The zero-order chi connectivity index (χ0) is 16.1. The molecule has 0 bridgehead atoms. The number of aliphatic imine (C=N–C) groups is 1. The smallest absolute Gasteiger partial charge is 0.311 e. The fraction of sp³-hybridized carbons (Fsp3) is 0.235. The number of nitrogens with zero attached hydrogens (tertiary/aromatic N) is 2. The summed E-state index contributed by atoms with van der Waals surface area (Å²) in [6.07, 6.45) is 2.46. The first kappa shape index (κ1) is 15.7. The van der Waals surface area contributed by atoms with Gasteiger partial charge in [0.2, 0.25) is 5.75 Å². The van der Waals surface area contributed by atoms with Crippen molar-refractivity contribution in [3.8, 4) is 5.75 Å². The van der Waals surface area contributed by atoms with Gasteiger partial charge in [0.15, 0.2) is 0 Å². The maximum Gasteiger partial charge on any atom is 0.311 e. The highest BCUT2D eigenvalue weighted by Gasteiger charge is 2.15. The highest BCUT2D eigenvalue weighted by Crippen LogP contribution is 2.31. The first-order valence-electron chi connectivity index (χ1n) is 7.14. The van der Waals surface area contributed by atoms with Crippen molar-refractivity contribution < 1.29 is 10.0 Å². The van der Waals surface area contributed by atoms with Crippen LogP contribution < -0.4 is 0 Å². The Balaban J connectivity index is 2.38. The van der Waals surface area contributed by atoms with E-state index in [0.717, 1.165) is 17.7 Å². The second kappa shape index (κ2) is 6.85. The van der Waals surface area contributed by atoms with Crippen LogP contribution in [0.2, 0.25) is 0 Å². The van der Waals surface area contributed by atoms with Crippen LogP contribution in [0.25, 0.3) is 0 Å². The number of hydrogen-bond acceptors (Lipinski definition) is 4. The molecule has 1 unspecified atom stereocenters. The Morgan fingerprint density at radius 1 is 1.27 bits per heavy atom. The molecular formula is C17H18N2O3. The number of rotatable bonds is 5. The number of phenolic OH excluding ortho intramolecular Hbond substituents is 1. The third kappa shape index (κ3) is 3.31. The molecule has 0 saturated heterocycles. The molecule has 5 heteroatoms. The second-order valence-corrected chi connectivity index (χ2v) is 5.10. The van der Waals surface area contributed by atoms with Crippen molar-refractivity contribution in [2.45, 2.75) is 26.2 Å². The molecule has 5 nitrogen and oxygen atoms in total. The summed E-state index contributed by atoms with van der Waals surface area (Å²) in [5.41, 5.74) is 1.93. The highest BCUT2D eigenvalue weighted by molar-refractivity contribution is 5.87. The van der Waals surface area contributed by atoms with Crippen molar-refractivity contribution in [2.75, 3.05) is 0 Å². The molecule has 0 fully saturated rings. The van der Waals surface area contributed by atoms with Crippen LogP contribution in [-0.4, -0.2) is 16.2 Å². The van der Waals surface area contributed by atoms with E-state index in [9.17, 15) is 15.2 Å². The van der Waals surface area contributed by atoms with Gasteiger partial charge >= 0.3 is 5.69 Å². The zero-order valence-corrected chi connectivity index (χ0v) is 12.6. The number of benzene rings is 2. The van der Waals surface area contributed by atoms with Crippen molar-refractivity contribution in [3.05, 3.63) is 63.7 Å². The van der Waals surface area contributed by atoms with Gasteiger partial charge < -0.3 is 5.11 Å². The summed E-state index contributed by atoms with van der Waals surface area (Å²) >= 11 is 0. The lowest BCUT2D eigenvalue weighted by Crippen LogP contribution is -1.93. The average molecular weight is 298 g/mol. The van der Waals surface area contributed by atoms with Crippen LogP contribution in [0.15, 0.2) is 47.5 Å². The molecule has 1 atom stereocenters. The van der Waals surface area contributed by atoms with Crippen molar-refractivity contribution in [1.82, 2.24) is 0 Å². The van der Waals surface area contributed by atoms with Crippen LogP contribution in [0.4, 0.5) is 11.4 Å². The Kier molecular flexibility index (Phi) is 4.88. The molecule has 0 amide bonds. The Bertz CT molecular complexity index is 711. The fourth-order valence-electron chi connectivity index (χ4n) is 2.18. The number of phenols is 1. The van der Waals surface area contributed by atoms with Gasteiger partial charge in [0, 0.05) is 17.8 Å². The lowest BCUT2D eigenvalue weighted by Gasteiger charge is -2.11. The number of nitro groups is 1. The third-order valence-electron chi connectivity index (χ3n) is 3.67. The van der Waals surface area contributed by atoms with Gasteiger partial charge in [-0.05, 0) is 30.0 Å². The fourth-order valence-corrected chi connectivity index (χ4v) is 2.18. The van der Waals surface area contributed by atoms with Crippen molar-refractivity contribution in [2.24, 2.45) is 4.99 Å². The zero-order valence-electron chi connectivity index (χ0n) is 12.6. The van der Waals surface area contributed by atoms with Gasteiger partial charge in [-0.15, -0.1) is 0 Å². The largest absolute Gasteiger partial charge is 0.502 e. The van der Waals surface area contributed by atoms with E-state index in [1.54, 1.807) is 6.07 Å². The Hall–Kier alpha value is -2.69. The summed E-state index contributed by atoms with van der Waals surface area (Å²) in [6.45, 7) is 4.23. The normalized spacial score (nSPS) is 12.5. The molecule has 0 spiro atoms. The number of nitro benzene ring substituents is 1. The van der Waals surface area contributed by atoms with Gasteiger partial charge in [0.25, 0.3) is 0 Å². The summed E-state index contributed by atoms with van der Waals surface area (Å²) < 4.78 is 0. The maximum absolute atomic E-state index is 10.8. The standard InChI is InChI=1S/C17H18N2O3/c1-3-12(2)14-8-4-5-9-15(14)18-11-13-7-6-10-16(17(13)20)19(21)22/h4-12,20H,3H2,1-2H3. The predicted molar refractivity (Wildman–Crippen MR) is 87.2 cm³/mol. The minimum atomic E-state index is -0.611. The molecular weight excluding hydrogens is 280 g/mol. The van der Waals surface area contributed by atoms with Crippen molar-refractivity contribution in [1.29, 1.82) is 0 Å². The van der Waals surface area contributed by atoms with Gasteiger partial charge in [-0.3, -0.25) is 15.1 Å². The molecule has 2 aromatic rings. The first-order chi connectivity index (χ1) is 10.5. The predicted octanol–water partition coefficient (Wildman–Crippen LogP) is 4.56. The van der Waals surface area contributed by atoms with Crippen molar-refractivity contribution in [3.63, 3.8) is 0 Å². The van der Waals surface area contributed by atoms with Crippen molar-refractivity contribution >= 4 is 17.6 Å². The molecule has 2 aromatic carbocycles. The van der Waals surface area contributed by atoms with Crippen LogP contribution >= 0.6 is 0 Å². The van der Waals surface area contributed by atoms with Gasteiger partial charge in [-0.1, -0.05) is 38.1 Å². The Morgan fingerprint density at radius 2 is 2.00 bits per heavy atom. The van der Waals surface area contributed by atoms with Gasteiger partial charge in [-0.2, -0.15) is 0 Å². The summed E-state index contributed by atoms with van der Waals surface area (Å²) in [4.78, 5) is 14.6. The molecule has 1 N–H and O–H groups in total. The molecule has 0 aliphatic carbocycles. The monoisotopic (exact) mass is 298 g/mol. The van der Waals surface area contributed by atoms with Gasteiger partial charge in [0.05, 0.1) is 10.6 Å². The third-order valence-corrected chi connectivity index (χ3v) is 3.67. The summed E-state index contributed by atoms with van der Waals surface area (Å²) in [7, 11) is 0. The SMILES string of the molecule is CCC(C)c1ccccc1N=Cc1cccc([N+](=O)[O-])c1O. The van der Waals surface area contributed by atoms with E-state index in [1.165, 1.54) is 18.3 Å². The van der Waals surface area contributed by atoms with Crippen LogP contribution in [0.3, 0.4) is 0 Å². The van der Waals surface area contributed by atoms with E-state index < -0.39 is 4.92 Å². The molecule has 2 rings (SSSR count). The second-order valence-electron chi connectivity index (χ2n) is 5.10. The number of para-hydroxylation sites is 2. The number of aromatic hydroxyl groups is 1. The maximum atomic E-state index is 10.8. The van der Waals surface area contributed by atoms with Crippen LogP contribution in [0, 0.1) is 10.1 Å². The van der Waals surface area contributed by atoms with E-state index >= 15 is 0 Å². The molecule has 0 aromatic heterocycles. The van der Waals surface area contributed by atoms with Crippen LogP contribution in [-0.2, 0) is 0 Å². The molecule has 0 heterocycles. The van der Waals surface area contributed by atoms with Gasteiger partial charge in [-0.25, -0.2) is 0 Å². The molecule has 0 aliphatic rings. The van der Waals surface area contributed by atoms with E-state index in [2.05, 4.69) is 18.8 Å². The van der Waals surface area contributed by atoms with Crippen LogP contribution in [0.5, 0.6) is 5.75 Å². The number of hydrogen-bond donors (Lipinski definition) is 1. The molecule has 114 valence electrons. The van der Waals surface area contributed by atoms with E-state index in [-0.39, 0.29) is 11.4 Å².